The van der Waals surface area contributed by atoms with Crippen LogP contribution >= 0.6 is 24.0 Å². The average molecular weight is 501 g/mol. The molecule has 2 unspecified atom stereocenters. The zero-order valence-corrected chi connectivity index (χ0v) is 19.6. The highest BCUT2D eigenvalue weighted by atomic mass is 127. The molecule has 2 fully saturated rings. The Labute approximate surface area is 187 Å². The molecule has 1 saturated heterocycles. The van der Waals surface area contributed by atoms with Gasteiger partial charge in [0, 0.05) is 51.5 Å². The molecule has 5 nitrogen and oxygen atoms in total. The highest BCUT2D eigenvalue weighted by molar-refractivity contribution is 14.0. The number of nitrogens with zero attached hydrogens (tertiary/aromatic N) is 1. The molecule has 1 aliphatic carbocycles. The van der Waals surface area contributed by atoms with Gasteiger partial charge in [0.15, 0.2) is 5.96 Å². The molecule has 158 valence electrons. The number of benzene rings is 1. The third kappa shape index (κ3) is 7.52. The first kappa shape index (κ1) is 23.4. The third-order valence-electron chi connectivity index (χ3n) is 5.46. The third-order valence-corrected chi connectivity index (χ3v) is 5.46. The molecule has 1 aromatic rings. The summed E-state index contributed by atoms with van der Waals surface area (Å²) in [4.78, 5) is 4.72. The maximum atomic E-state index is 5.83. The molecule has 0 radical (unpaired) electrons. The van der Waals surface area contributed by atoms with E-state index in [1.54, 1.807) is 0 Å². The van der Waals surface area contributed by atoms with Crippen LogP contribution in [0.15, 0.2) is 29.3 Å². The monoisotopic (exact) mass is 501 g/mol. The molecule has 0 amide bonds. The van der Waals surface area contributed by atoms with Crippen LogP contribution in [0.25, 0.3) is 0 Å². The van der Waals surface area contributed by atoms with E-state index in [0.717, 1.165) is 64.7 Å². The number of halogens is 1. The van der Waals surface area contributed by atoms with Crippen LogP contribution in [0, 0.1) is 12.8 Å². The van der Waals surface area contributed by atoms with Crippen molar-refractivity contribution in [1.82, 2.24) is 10.6 Å². The molecule has 2 atom stereocenters. The van der Waals surface area contributed by atoms with E-state index >= 15 is 0 Å². The van der Waals surface area contributed by atoms with Crippen LogP contribution < -0.4 is 10.6 Å². The molecule has 28 heavy (non-hydrogen) atoms. The van der Waals surface area contributed by atoms with Gasteiger partial charge in [0.05, 0.1) is 0 Å². The van der Waals surface area contributed by atoms with Crippen molar-refractivity contribution < 1.29 is 9.47 Å². The van der Waals surface area contributed by atoms with E-state index in [1.807, 2.05) is 0 Å². The Morgan fingerprint density at radius 2 is 2.04 bits per heavy atom. The number of aryl methyl sites for hydroxylation is 1. The molecule has 6 heteroatoms. The van der Waals surface area contributed by atoms with Crippen LogP contribution in [0.2, 0.25) is 0 Å². The fourth-order valence-corrected chi connectivity index (χ4v) is 3.72. The summed E-state index contributed by atoms with van der Waals surface area (Å²) in [6.45, 7) is 9.42. The maximum absolute atomic E-state index is 5.83. The van der Waals surface area contributed by atoms with E-state index in [-0.39, 0.29) is 24.0 Å². The highest BCUT2D eigenvalue weighted by Crippen LogP contribution is 2.41. The second-order valence-corrected chi connectivity index (χ2v) is 7.69. The summed E-state index contributed by atoms with van der Waals surface area (Å²) in [7, 11) is 0. The summed E-state index contributed by atoms with van der Waals surface area (Å²) in [5.74, 6) is 2.22. The molecule has 2 aliphatic rings. The lowest BCUT2D eigenvalue weighted by Crippen LogP contribution is -2.39. The molecule has 0 aromatic heterocycles. The van der Waals surface area contributed by atoms with E-state index in [2.05, 4.69) is 48.7 Å². The van der Waals surface area contributed by atoms with Crippen molar-refractivity contribution in [3.8, 4) is 0 Å². The van der Waals surface area contributed by atoms with Crippen molar-refractivity contribution in [2.75, 3.05) is 39.5 Å². The predicted octanol–water partition coefficient (Wildman–Crippen LogP) is 3.86. The summed E-state index contributed by atoms with van der Waals surface area (Å²) < 4.78 is 11.2. The largest absolute Gasteiger partial charge is 0.381 e. The Bertz CT molecular complexity index is 605. The van der Waals surface area contributed by atoms with Crippen molar-refractivity contribution in [3.05, 3.63) is 35.4 Å². The minimum Gasteiger partial charge on any atom is -0.381 e. The molecule has 1 aromatic carbocycles. The van der Waals surface area contributed by atoms with Gasteiger partial charge in [0.2, 0.25) is 0 Å². The van der Waals surface area contributed by atoms with Crippen molar-refractivity contribution >= 4 is 29.9 Å². The fraction of sp³-hybridized carbons (Fsp3) is 0.682. The maximum Gasteiger partial charge on any atom is 0.191 e. The topological polar surface area (TPSA) is 54.9 Å². The minimum absolute atomic E-state index is 0. The molecule has 1 heterocycles. The van der Waals surface area contributed by atoms with Gasteiger partial charge in [-0.2, -0.15) is 0 Å². The fourth-order valence-electron chi connectivity index (χ4n) is 3.72. The Morgan fingerprint density at radius 3 is 2.79 bits per heavy atom. The van der Waals surface area contributed by atoms with Crippen LogP contribution in [0.5, 0.6) is 0 Å². The molecule has 0 bridgehead atoms. The van der Waals surface area contributed by atoms with Gasteiger partial charge in [-0.3, -0.25) is 4.99 Å². The average Bonchev–Trinajstić information content (AvgIpc) is 3.44. The van der Waals surface area contributed by atoms with Crippen LogP contribution in [-0.2, 0) is 9.47 Å². The summed E-state index contributed by atoms with van der Waals surface area (Å²) in [5, 5.41) is 6.96. The number of hydrogen-bond acceptors (Lipinski definition) is 3. The number of aliphatic imine (C=N–C) groups is 1. The molecule has 3 rings (SSSR count). The van der Waals surface area contributed by atoms with Crippen molar-refractivity contribution in [3.63, 3.8) is 0 Å². The highest BCUT2D eigenvalue weighted by Gasteiger charge is 2.39. The predicted molar refractivity (Wildman–Crippen MR) is 126 cm³/mol. The second kappa shape index (κ2) is 12.6. The molecule has 2 N–H and O–H groups in total. The number of nitrogens with one attached hydrogen (secondary N) is 2. The number of hydrogen-bond donors (Lipinski definition) is 2. The van der Waals surface area contributed by atoms with Gasteiger partial charge in [-0.25, -0.2) is 0 Å². The first-order chi connectivity index (χ1) is 13.3. The van der Waals surface area contributed by atoms with Crippen molar-refractivity contribution in [2.24, 2.45) is 10.9 Å². The summed E-state index contributed by atoms with van der Waals surface area (Å²) in [6, 6.07) is 9.19. The molecule has 1 aliphatic heterocycles. The smallest absolute Gasteiger partial charge is 0.191 e. The van der Waals surface area contributed by atoms with Gasteiger partial charge in [-0.1, -0.05) is 24.3 Å². The lowest BCUT2D eigenvalue weighted by Gasteiger charge is -2.21. The van der Waals surface area contributed by atoms with E-state index in [0.29, 0.717) is 17.9 Å². The zero-order valence-electron chi connectivity index (χ0n) is 17.3. The summed E-state index contributed by atoms with van der Waals surface area (Å²) in [6.07, 6.45) is 4.42. The quantitative estimate of drug-likeness (QED) is 0.234. The van der Waals surface area contributed by atoms with Gasteiger partial charge in [0.1, 0.15) is 0 Å². The normalized spacial score (nSPS) is 22.4. The van der Waals surface area contributed by atoms with Crippen LogP contribution in [0.1, 0.15) is 49.7 Å². The van der Waals surface area contributed by atoms with Gasteiger partial charge < -0.3 is 20.1 Å². The number of ether oxygens (including phenoxy) is 2. The SMILES string of the molecule is CCNC(=NCCCOCC1CCOCC1)NC1CC1c1ccccc1C.I. The Hall–Kier alpha value is -0.860. The van der Waals surface area contributed by atoms with E-state index in [4.69, 9.17) is 14.5 Å². The number of rotatable bonds is 9. The Balaban J connectivity index is 0.00000280. The Kier molecular flexibility index (Phi) is 10.6. The van der Waals surface area contributed by atoms with Gasteiger partial charge in [-0.15, -0.1) is 24.0 Å². The molecular formula is C22H36IN3O2. The lowest BCUT2D eigenvalue weighted by atomic mass is 10.0. The summed E-state index contributed by atoms with van der Waals surface area (Å²) in [5.41, 5.74) is 2.85. The molecule has 1 saturated carbocycles. The van der Waals surface area contributed by atoms with Gasteiger partial charge in [-0.05, 0) is 56.6 Å². The first-order valence-electron chi connectivity index (χ1n) is 10.5. The second-order valence-electron chi connectivity index (χ2n) is 7.69. The van der Waals surface area contributed by atoms with Gasteiger partial charge >= 0.3 is 0 Å². The summed E-state index contributed by atoms with van der Waals surface area (Å²) >= 11 is 0. The number of guanidine groups is 1. The zero-order chi connectivity index (χ0) is 18.9. The van der Waals surface area contributed by atoms with Crippen molar-refractivity contribution in [2.45, 2.75) is 51.5 Å². The lowest BCUT2D eigenvalue weighted by molar-refractivity contribution is 0.0205. The molecular weight excluding hydrogens is 465 g/mol. The van der Waals surface area contributed by atoms with E-state index in [9.17, 15) is 0 Å². The van der Waals surface area contributed by atoms with Crippen molar-refractivity contribution in [1.29, 1.82) is 0 Å². The minimum atomic E-state index is 0. The van der Waals surface area contributed by atoms with Crippen LogP contribution in [-0.4, -0.2) is 51.5 Å². The molecule has 0 spiro atoms. The van der Waals surface area contributed by atoms with Crippen LogP contribution in [0.3, 0.4) is 0 Å². The van der Waals surface area contributed by atoms with Crippen LogP contribution in [0.4, 0.5) is 0 Å². The van der Waals surface area contributed by atoms with E-state index < -0.39 is 0 Å². The van der Waals surface area contributed by atoms with E-state index in [1.165, 1.54) is 17.5 Å². The first-order valence-corrected chi connectivity index (χ1v) is 10.5. The Morgan fingerprint density at radius 1 is 1.25 bits per heavy atom. The standard InChI is InChI=1S/C22H35N3O2.HI/c1-3-23-22(24-11-6-12-27-16-18-9-13-26-14-10-18)25-21-15-20(21)19-8-5-4-7-17(19)2;/h4-5,7-8,18,20-21H,3,6,9-16H2,1-2H3,(H2,23,24,25);1H. The van der Waals surface area contributed by atoms with Gasteiger partial charge in [0.25, 0.3) is 0 Å².